The van der Waals surface area contributed by atoms with Crippen LogP contribution in [0.15, 0.2) is 42.5 Å². The summed E-state index contributed by atoms with van der Waals surface area (Å²) < 4.78 is 41.8. The molecule has 2 aromatic carbocycles. The van der Waals surface area contributed by atoms with Crippen LogP contribution in [0, 0.1) is 6.92 Å². The Labute approximate surface area is 177 Å². The summed E-state index contributed by atoms with van der Waals surface area (Å²) in [6.45, 7) is 3.62. The van der Waals surface area contributed by atoms with Gasteiger partial charge in [0, 0.05) is 6.07 Å². The monoisotopic (exact) mass is 436 g/mol. The number of ether oxygens (including phenoxy) is 3. The second-order valence-electron chi connectivity index (χ2n) is 6.90. The van der Waals surface area contributed by atoms with E-state index in [4.69, 9.17) is 14.2 Å². The van der Waals surface area contributed by atoms with Crippen molar-refractivity contribution in [2.45, 2.75) is 19.9 Å². The van der Waals surface area contributed by atoms with E-state index >= 15 is 0 Å². The van der Waals surface area contributed by atoms with Gasteiger partial charge in [-0.05, 0) is 38.1 Å². The molecule has 1 atom stereocenters. The van der Waals surface area contributed by atoms with E-state index in [0.717, 1.165) is 16.1 Å². The van der Waals surface area contributed by atoms with Crippen LogP contribution >= 0.6 is 0 Å². The number of hydrogen-bond acceptors (Lipinski definition) is 6. The van der Waals surface area contributed by atoms with Crippen molar-refractivity contribution in [3.05, 3.63) is 48.0 Å². The molecular formula is C21H28N2O6S. The zero-order valence-corrected chi connectivity index (χ0v) is 18.7. The zero-order chi connectivity index (χ0) is 22.3. The van der Waals surface area contributed by atoms with Gasteiger partial charge in [0.1, 0.15) is 30.4 Å². The molecule has 0 aromatic heterocycles. The first-order valence-electron chi connectivity index (χ1n) is 9.32. The van der Waals surface area contributed by atoms with Crippen molar-refractivity contribution in [2.24, 2.45) is 0 Å². The second-order valence-corrected chi connectivity index (χ2v) is 8.81. The predicted molar refractivity (Wildman–Crippen MR) is 116 cm³/mol. The maximum atomic E-state index is 12.5. The normalized spacial score (nSPS) is 12.0. The first-order chi connectivity index (χ1) is 14.1. The number of hydrogen-bond donors (Lipinski definition) is 1. The fraction of sp³-hybridized carbons (Fsp3) is 0.381. The van der Waals surface area contributed by atoms with E-state index in [9.17, 15) is 13.2 Å². The quantitative estimate of drug-likeness (QED) is 0.615. The number of nitrogens with one attached hydrogen (secondary N) is 1. The highest BCUT2D eigenvalue weighted by Crippen LogP contribution is 2.33. The SMILES string of the molecule is COc1ccc(N(CC(=O)N[C@@H](C)COc2ccc(C)cc2)S(C)(=O)=O)c(OC)c1. The first-order valence-corrected chi connectivity index (χ1v) is 11.2. The smallest absolute Gasteiger partial charge is 0.241 e. The van der Waals surface area contributed by atoms with E-state index < -0.39 is 22.5 Å². The van der Waals surface area contributed by atoms with Crippen molar-refractivity contribution in [2.75, 3.05) is 37.9 Å². The van der Waals surface area contributed by atoms with Crippen molar-refractivity contribution in [1.82, 2.24) is 5.32 Å². The molecule has 0 spiro atoms. The van der Waals surface area contributed by atoms with Crippen LogP contribution in [0.4, 0.5) is 5.69 Å². The molecular weight excluding hydrogens is 408 g/mol. The fourth-order valence-corrected chi connectivity index (χ4v) is 3.58. The van der Waals surface area contributed by atoms with Gasteiger partial charge in [0.25, 0.3) is 0 Å². The summed E-state index contributed by atoms with van der Waals surface area (Å²) in [7, 11) is -0.824. The molecule has 1 amide bonds. The van der Waals surface area contributed by atoms with Gasteiger partial charge in [-0.25, -0.2) is 8.42 Å². The van der Waals surface area contributed by atoms with Gasteiger partial charge in [-0.3, -0.25) is 9.10 Å². The maximum Gasteiger partial charge on any atom is 0.241 e. The Morgan fingerprint density at radius 2 is 1.70 bits per heavy atom. The Balaban J connectivity index is 2.06. The molecule has 0 aliphatic rings. The molecule has 164 valence electrons. The highest BCUT2D eigenvalue weighted by Gasteiger charge is 2.25. The van der Waals surface area contributed by atoms with E-state index in [1.54, 1.807) is 19.1 Å². The molecule has 0 bridgehead atoms. The van der Waals surface area contributed by atoms with Crippen molar-refractivity contribution in [3.8, 4) is 17.2 Å². The molecule has 30 heavy (non-hydrogen) atoms. The standard InChI is InChI=1S/C21H28N2O6S/c1-15-6-8-17(9-7-15)29-14-16(2)22-21(24)13-23(30(5,25)26)19-11-10-18(27-3)12-20(19)28-4/h6-12,16H,13-14H2,1-5H3,(H,22,24)/t16-/m0/s1. The molecule has 0 saturated carbocycles. The van der Waals surface area contributed by atoms with E-state index in [-0.39, 0.29) is 24.1 Å². The lowest BCUT2D eigenvalue weighted by molar-refractivity contribution is -0.120. The second kappa shape index (κ2) is 10.2. The van der Waals surface area contributed by atoms with Crippen molar-refractivity contribution < 1.29 is 27.4 Å². The van der Waals surface area contributed by atoms with Crippen LogP contribution in [0.3, 0.4) is 0 Å². The molecule has 0 radical (unpaired) electrons. The van der Waals surface area contributed by atoms with E-state index in [2.05, 4.69) is 5.32 Å². The Morgan fingerprint density at radius 1 is 1.07 bits per heavy atom. The summed E-state index contributed by atoms with van der Waals surface area (Å²) in [4.78, 5) is 12.5. The number of rotatable bonds is 10. The van der Waals surface area contributed by atoms with Gasteiger partial charge in [0.15, 0.2) is 0 Å². The first kappa shape index (κ1) is 23.3. The van der Waals surface area contributed by atoms with Gasteiger partial charge in [0.2, 0.25) is 15.9 Å². The number of aryl methyl sites for hydroxylation is 1. The van der Waals surface area contributed by atoms with Gasteiger partial charge in [-0.2, -0.15) is 0 Å². The zero-order valence-electron chi connectivity index (χ0n) is 17.8. The number of nitrogens with zero attached hydrogens (tertiary/aromatic N) is 1. The molecule has 2 aromatic rings. The van der Waals surface area contributed by atoms with Gasteiger partial charge in [-0.1, -0.05) is 17.7 Å². The summed E-state index contributed by atoms with van der Waals surface area (Å²) in [6, 6.07) is 12.0. The molecule has 9 heteroatoms. The van der Waals surface area contributed by atoms with Crippen LogP contribution in [-0.4, -0.2) is 54.0 Å². The molecule has 0 fully saturated rings. The van der Waals surface area contributed by atoms with Crippen LogP contribution in [0.5, 0.6) is 17.2 Å². The van der Waals surface area contributed by atoms with Gasteiger partial charge >= 0.3 is 0 Å². The number of amides is 1. The molecule has 0 aliphatic heterocycles. The lowest BCUT2D eigenvalue weighted by atomic mass is 10.2. The van der Waals surface area contributed by atoms with E-state index in [0.29, 0.717) is 11.5 Å². The summed E-state index contributed by atoms with van der Waals surface area (Å²) in [5.41, 5.74) is 1.37. The number of carbonyl (C=O) groups excluding carboxylic acids is 1. The van der Waals surface area contributed by atoms with Crippen LogP contribution in [0.1, 0.15) is 12.5 Å². The highest BCUT2D eigenvalue weighted by atomic mass is 32.2. The van der Waals surface area contributed by atoms with E-state index in [1.807, 2.05) is 31.2 Å². The molecule has 0 aliphatic carbocycles. The lowest BCUT2D eigenvalue weighted by Crippen LogP contribution is -2.45. The number of carbonyl (C=O) groups is 1. The van der Waals surface area contributed by atoms with Crippen LogP contribution in [-0.2, 0) is 14.8 Å². The van der Waals surface area contributed by atoms with Gasteiger partial charge < -0.3 is 19.5 Å². The molecule has 2 rings (SSSR count). The summed E-state index contributed by atoms with van der Waals surface area (Å²) in [5.74, 6) is 1.03. The molecule has 0 unspecified atom stereocenters. The maximum absolute atomic E-state index is 12.5. The Kier molecular flexibility index (Phi) is 7.93. The fourth-order valence-electron chi connectivity index (χ4n) is 2.72. The summed E-state index contributed by atoms with van der Waals surface area (Å²) in [6.07, 6.45) is 1.04. The third kappa shape index (κ3) is 6.55. The predicted octanol–water partition coefficient (Wildman–Crippen LogP) is 2.36. The Morgan fingerprint density at radius 3 is 2.27 bits per heavy atom. The van der Waals surface area contributed by atoms with Crippen molar-refractivity contribution >= 4 is 21.6 Å². The number of benzene rings is 2. The average Bonchev–Trinajstić information content (AvgIpc) is 2.70. The topological polar surface area (TPSA) is 94.2 Å². The molecule has 8 nitrogen and oxygen atoms in total. The molecule has 0 saturated heterocycles. The summed E-state index contributed by atoms with van der Waals surface area (Å²) >= 11 is 0. The van der Waals surface area contributed by atoms with E-state index in [1.165, 1.54) is 20.3 Å². The Bertz CT molecular complexity index is 960. The number of anilines is 1. The van der Waals surface area contributed by atoms with Crippen LogP contribution < -0.4 is 23.8 Å². The molecule has 0 heterocycles. The highest BCUT2D eigenvalue weighted by molar-refractivity contribution is 7.92. The van der Waals surface area contributed by atoms with Crippen molar-refractivity contribution in [1.29, 1.82) is 0 Å². The third-order valence-electron chi connectivity index (χ3n) is 4.27. The average molecular weight is 437 g/mol. The third-order valence-corrected chi connectivity index (χ3v) is 5.40. The van der Waals surface area contributed by atoms with Crippen LogP contribution in [0.25, 0.3) is 0 Å². The minimum atomic E-state index is -3.74. The summed E-state index contributed by atoms with van der Waals surface area (Å²) in [5, 5.41) is 2.76. The Hall–Kier alpha value is -2.94. The number of sulfonamides is 1. The van der Waals surface area contributed by atoms with Crippen molar-refractivity contribution in [3.63, 3.8) is 0 Å². The minimum absolute atomic E-state index is 0.250. The van der Waals surface area contributed by atoms with Gasteiger partial charge in [-0.15, -0.1) is 0 Å². The molecule has 1 N–H and O–H groups in total. The lowest BCUT2D eigenvalue weighted by Gasteiger charge is -2.25. The minimum Gasteiger partial charge on any atom is -0.497 e. The number of methoxy groups -OCH3 is 2. The largest absolute Gasteiger partial charge is 0.497 e. The van der Waals surface area contributed by atoms with Crippen LogP contribution in [0.2, 0.25) is 0 Å². The van der Waals surface area contributed by atoms with Gasteiger partial charge in [0.05, 0.1) is 32.2 Å².